The summed E-state index contributed by atoms with van der Waals surface area (Å²) in [6.45, 7) is 4.29. The van der Waals surface area contributed by atoms with E-state index in [0.717, 1.165) is 25.7 Å². The molecule has 1 amide bonds. The molecule has 0 spiro atoms. The van der Waals surface area contributed by atoms with Crippen molar-refractivity contribution in [1.29, 1.82) is 0 Å². The number of amides is 1. The monoisotopic (exact) mass is 309 g/mol. The first-order chi connectivity index (χ1) is 9.48. The molecule has 21 heavy (non-hydrogen) atoms. The van der Waals surface area contributed by atoms with Crippen LogP contribution in [0.1, 0.15) is 52.4 Å². The van der Waals surface area contributed by atoms with Crippen LogP contribution in [0.15, 0.2) is 0 Å². The molecule has 0 aliphatic heterocycles. The Hall–Kier alpha value is -1.27. The third-order valence-corrected chi connectivity index (χ3v) is 4.00. The predicted octanol–water partition coefficient (Wildman–Crippen LogP) is 3.11. The van der Waals surface area contributed by atoms with Gasteiger partial charge in [-0.2, -0.15) is 13.2 Å². The minimum Gasteiger partial charge on any atom is -0.480 e. The third-order valence-electron chi connectivity index (χ3n) is 4.00. The van der Waals surface area contributed by atoms with Crippen molar-refractivity contribution in [2.45, 2.75) is 64.6 Å². The Labute approximate surface area is 122 Å². The van der Waals surface area contributed by atoms with Crippen LogP contribution in [-0.4, -0.2) is 29.2 Å². The van der Waals surface area contributed by atoms with E-state index in [2.05, 4.69) is 13.8 Å². The Kier molecular flexibility index (Phi) is 5.64. The highest BCUT2D eigenvalue weighted by molar-refractivity contribution is 5.83. The van der Waals surface area contributed by atoms with Gasteiger partial charge in [0.1, 0.15) is 6.04 Å². The zero-order valence-electron chi connectivity index (χ0n) is 12.3. The summed E-state index contributed by atoms with van der Waals surface area (Å²) in [6.07, 6.45) is -2.45. The van der Waals surface area contributed by atoms with Crippen molar-refractivity contribution in [2.24, 2.45) is 11.3 Å². The fourth-order valence-electron chi connectivity index (χ4n) is 2.61. The zero-order valence-corrected chi connectivity index (χ0v) is 12.3. The summed E-state index contributed by atoms with van der Waals surface area (Å²) < 4.78 is 36.7. The van der Waals surface area contributed by atoms with Crippen LogP contribution < -0.4 is 5.32 Å². The first-order valence-corrected chi connectivity index (χ1v) is 7.07. The maximum atomic E-state index is 12.2. The molecule has 1 atom stereocenters. The molecule has 1 rings (SSSR count). The standard InChI is InChI=1S/C14H22F3NO3/c1-13(2)5-3-9(4-6-13)7-11(19)18-10(12(20)21)8-14(15,16)17/h9-10H,3-8H2,1-2H3,(H,18,19)(H,20,21). The minimum atomic E-state index is -4.62. The van der Waals surface area contributed by atoms with Gasteiger partial charge in [0.05, 0.1) is 6.42 Å². The number of hydrogen-bond donors (Lipinski definition) is 2. The Bertz CT molecular complexity index is 383. The second-order valence-corrected chi connectivity index (χ2v) is 6.59. The van der Waals surface area contributed by atoms with Crippen LogP contribution in [0.3, 0.4) is 0 Å². The number of nitrogens with one attached hydrogen (secondary N) is 1. The number of alkyl halides is 3. The van der Waals surface area contributed by atoms with Crippen LogP contribution >= 0.6 is 0 Å². The van der Waals surface area contributed by atoms with Gasteiger partial charge in [0.2, 0.25) is 5.91 Å². The Morgan fingerprint density at radius 2 is 1.81 bits per heavy atom. The van der Waals surface area contributed by atoms with Gasteiger partial charge in [-0.15, -0.1) is 0 Å². The lowest BCUT2D eigenvalue weighted by atomic mass is 9.72. The highest BCUT2D eigenvalue weighted by atomic mass is 19.4. The van der Waals surface area contributed by atoms with Crippen molar-refractivity contribution in [2.75, 3.05) is 0 Å². The number of carbonyl (C=O) groups is 2. The highest BCUT2D eigenvalue weighted by Crippen LogP contribution is 2.39. The molecule has 1 saturated carbocycles. The van der Waals surface area contributed by atoms with E-state index in [4.69, 9.17) is 5.11 Å². The van der Waals surface area contributed by atoms with Gasteiger partial charge in [0.15, 0.2) is 0 Å². The summed E-state index contributed by atoms with van der Waals surface area (Å²) >= 11 is 0. The van der Waals surface area contributed by atoms with Crippen LogP contribution in [-0.2, 0) is 9.59 Å². The molecule has 7 heteroatoms. The molecule has 1 fully saturated rings. The maximum absolute atomic E-state index is 12.2. The first kappa shape index (κ1) is 17.8. The van der Waals surface area contributed by atoms with E-state index in [1.165, 1.54) is 0 Å². The number of hydrogen-bond acceptors (Lipinski definition) is 2. The second-order valence-electron chi connectivity index (χ2n) is 6.59. The molecule has 1 aliphatic rings. The van der Waals surface area contributed by atoms with Crippen molar-refractivity contribution in [3.63, 3.8) is 0 Å². The fourth-order valence-corrected chi connectivity index (χ4v) is 2.61. The van der Waals surface area contributed by atoms with E-state index in [1.807, 2.05) is 5.32 Å². The molecule has 0 heterocycles. The molecule has 1 unspecified atom stereocenters. The number of rotatable bonds is 5. The second kappa shape index (κ2) is 6.66. The fraction of sp³-hybridized carbons (Fsp3) is 0.857. The summed E-state index contributed by atoms with van der Waals surface area (Å²) in [5, 5.41) is 10.7. The van der Waals surface area contributed by atoms with E-state index in [-0.39, 0.29) is 17.8 Å². The molecule has 0 radical (unpaired) electrons. The van der Waals surface area contributed by atoms with Gasteiger partial charge in [0, 0.05) is 6.42 Å². The van der Waals surface area contributed by atoms with Gasteiger partial charge in [-0.3, -0.25) is 4.79 Å². The molecule has 2 N–H and O–H groups in total. The molecular formula is C14H22F3NO3. The summed E-state index contributed by atoms with van der Waals surface area (Å²) in [4.78, 5) is 22.5. The van der Waals surface area contributed by atoms with E-state index >= 15 is 0 Å². The number of carbonyl (C=O) groups excluding carboxylic acids is 1. The van der Waals surface area contributed by atoms with Gasteiger partial charge in [-0.05, 0) is 37.0 Å². The molecule has 0 aromatic heterocycles. The molecule has 0 bridgehead atoms. The summed E-state index contributed by atoms with van der Waals surface area (Å²) in [5.41, 5.74) is 0.243. The molecule has 122 valence electrons. The lowest BCUT2D eigenvalue weighted by Gasteiger charge is -2.34. The smallest absolute Gasteiger partial charge is 0.391 e. The summed E-state index contributed by atoms with van der Waals surface area (Å²) in [5.74, 6) is -2.15. The van der Waals surface area contributed by atoms with Gasteiger partial charge >= 0.3 is 12.1 Å². The van der Waals surface area contributed by atoms with Crippen LogP contribution in [0.5, 0.6) is 0 Å². The van der Waals surface area contributed by atoms with Crippen LogP contribution in [0.2, 0.25) is 0 Å². The van der Waals surface area contributed by atoms with Crippen molar-refractivity contribution in [1.82, 2.24) is 5.32 Å². The van der Waals surface area contributed by atoms with Crippen LogP contribution in [0.25, 0.3) is 0 Å². The van der Waals surface area contributed by atoms with Crippen molar-refractivity contribution >= 4 is 11.9 Å². The number of carboxylic acid groups (broad SMARTS) is 1. The number of aliphatic carboxylic acids is 1. The average Bonchev–Trinajstić information content (AvgIpc) is 2.29. The van der Waals surface area contributed by atoms with Gasteiger partial charge in [0.25, 0.3) is 0 Å². The molecule has 0 saturated heterocycles. The van der Waals surface area contributed by atoms with Gasteiger partial charge in [-0.25, -0.2) is 4.79 Å². The number of halogens is 3. The average molecular weight is 309 g/mol. The van der Waals surface area contributed by atoms with E-state index in [0.29, 0.717) is 0 Å². The highest BCUT2D eigenvalue weighted by Gasteiger charge is 2.36. The topological polar surface area (TPSA) is 66.4 Å². The van der Waals surface area contributed by atoms with Gasteiger partial charge < -0.3 is 10.4 Å². The lowest BCUT2D eigenvalue weighted by molar-refractivity contribution is -0.160. The molecule has 0 aromatic rings. The van der Waals surface area contributed by atoms with Crippen molar-refractivity contribution in [3.05, 3.63) is 0 Å². The number of carboxylic acids is 1. The maximum Gasteiger partial charge on any atom is 0.391 e. The molecular weight excluding hydrogens is 287 g/mol. The summed E-state index contributed by atoms with van der Waals surface area (Å²) in [7, 11) is 0. The van der Waals surface area contributed by atoms with Crippen LogP contribution in [0.4, 0.5) is 13.2 Å². The Morgan fingerprint density at radius 1 is 1.29 bits per heavy atom. The zero-order chi connectivity index (χ0) is 16.3. The third kappa shape index (κ3) is 6.82. The SMILES string of the molecule is CC1(C)CCC(CC(=O)NC(CC(F)(F)F)C(=O)O)CC1. The van der Waals surface area contributed by atoms with Gasteiger partial charge in [-0.1, -0.05) is 13.8 Å². The largest absolute Gasteiger partial charge is 0.480 e. The normalized spacial score (nSPS) is 20.8. The van der Waals surface area contributed by atoms with Crippen LogP contribution in [0, 0.1) is 11.3 Å². The van der Waals surface area contributed by atoms with Crippen molar-refractivity contribution < 1.29 is 27.9 Å². The van der Waals surface area contributed by atoms with E-state index in [9.17, 15) is 22.8 Å². The Balaban J connectivity index is 2.46. The Morgan fingerprint density at radius 3 is 2.24 bits per heavy atom. The lowest BCUT2D eigenvalue weighted by Crippen LogP contribution is -2.44. The van der Waals surface area contributed by atoms with E-state index < -0.39 is 30.5 Å². The first-order valence-electron chi connectivity index (χ1n) is 7.07. The predicted molar refractivity (Wildman–Crippen MR) is 70.6 cm³/mol. The quantitative estimate of drug-likeness (QED) is 0.820. The van der Waals surface area contributed by atoms with Crippen molar-refractivity contribution in [3.8, 4) is 0 Å². The summed E-state index contributed by atoms with van der Waals surface area (Å²) in [6, 6.07) is -1.91. The minimum absolute atomic E-state index is 0.0950. The molecule has 4 nitrogen and oxygen atoms in total. The molecule has 1 aliphatic carbocycles. The van der Waals surface area contributed by atoms with E-state index in [1.54, 1.807) is 0 Å². The molecule has 0 aromatic carbocycles.